The van der Waals surface area contributed by atoms with Crippen molar-refractivity contribution >= 4 is 0 Å². The molecule has 0 saturated carbocycles. The Kier molecular flexibility index (Phi) is 32.2. The molecule has 1 N–H and O–H groups in total. The zero-order valence-corrected chi connectivity index (χ0v) is 8.93. The maximum Gasteiger partial charge on any atom is 0.0407 e. The average Bonchev–Trinajstić information content (AvgIpc) is 2.10. The van der Waals surface area contributed by atoms with Gasteiger partial charge in [0, 0.05) is 6.04 Å². The fourth-order valence-electron chi connectivity index (χ4n) is 0.254. The van der Waals surface area contributed by atoms with Crippen molar-refractivity contribution in [2.75, 3.05) is 0 Å². The number of rotatable bonds is 3. The summed E-state index contributed by atoms with van der Waals surface area (Å²) in [6.45, 7) is 18.3. The lowest BCUT2D eigenvalue weighted by atomic mass is 10.3. The molecular formula is C11H23N. The first-order valence-electron chi connectivity index (χ1n) is 4.29. The van der Waals surface area contributed by atoms with Crippen LogP contribution in [-0.2, 0) is 0 Å². The standard InChI is InChI=1S/C6H11N.C3H6.C2H6/c1-4-6(3)7-5-2;1-3-2;1-2/h4-7H,1-2H2,3H3;3H,1H2,2H3;1-2H3. The number of hydrogen-bond acceptors (Lipinski definition) is 1. The summed E-state index contributed by atoms with van der Waals surface area (Å²) in [5, 5.41) is 2.94. The van der Waals surface area contributed by atoms with Crippen molar-refractivity contribution in [3.63, 3.8) is 0 Å². The predicted molar refractivity (Wildman–Crippen MR) is 60.2 cm³/mol. The number of hydrogen-bond donors (Lipinski definition) is 1. The van der Waals surface area contributed by atoms with Crippen LogP contribution in [0.1, 0.15) is 27.7 Å². The van der Waals surface area contributed by atoms with Gasteiger partial charge in [0.2, 0.25) is 0 Å². The van der Waals surface area contributed by atoms with E-state index in [9.17, 15) is 0 Å². The number of nitrogens with one attached hydrogen (secondary N) is 1. The van der Waals surface area contributed by atoms with Crippen molar-refractivity contribution < 1.29 is 0 Å². The summed E-state index contributed by atoms with van der Waals surface area (Å²) in [4.78, 5) is 0. The minimum atomic E-state index is 0.345. The zero-order valence-electron chi connectivity index (χ0n) is 8.93. The molecule has 0 aliphatic heterocycles. The van der Waals surface area contributed by atoms with Crippen LogP contribution < -0.4 is 5.32 Å². The zero-order chi connectivity index (χ0) is 10.4. The SMILES string of the molecule is C=CC.C=CNC(C)C=C.CC. The summed E-state index contributed by atoms with van der Waals surface area (Å²) >= 11 is 0. The van der Waals surface area contributed by atoms with E-state index in [1.807, 2.05) is 33.8 Å². The van der Waals surface area contributed by atoms with E-state index in [0.29, 0.717) is 6.04 Å². The van der Waals surface area contributed by atoms with Gasteiger partial charge < -0.3 is 5.32 Å². The first kappa shape index (κ1) is 17.2. The number of allylic oxidation sites excluding steroid dienone is 1. The molecule has 1 unspecified atom stereocenters. The lowest BCUT2D eigenvalue weighted by molar-refractivity contribution is 0.773. The van der Waals surface area contributed by atoms with Crippen molar-refractivity contribution in [2.45, 2.75) is 33.7 Å². The summed E-state index contributed by atoms with van der Waals surface area (Å²) in [5.41, 5.74) is 0. The Bertz CT molecular complexity index is 95.2. The van der Waals surface area contributed by atoms with Gasteiger partial charge in [0.1, 0.15) is 0 Å². The van der Waals surface area contributed by atoms with Crippen molar-refractivity contribution in [1.29, 1.82) is 0 Å². The van der Waals surface area contributed by atoms with E-state index in [1.54, 1.807) is 12.3 Å². The smallest absolute Gasteiger partial charge is 0.0407 e. The highest BCUT2D eigenvalue weighted by Gasteiger charge is 1.83. The van der Waals surface area contributed by atoms with Gasteiger partial charge in [-0.1, -0.05) is 32.6 Å². The normalized spacial score (nSPS) is 8.67. The summed E-state index contributed by atoms with van der Waals surface area (Å²) in [7, 11) is 0. The minimum Gasteiger partial charge on any atom is -0.385 e. The van der Waals surface area contributed by atoms with Crippen LogP contribution in [0.3, 0.4) is 0 Å². The van der Waals surface area contributed by atoms with Crippen molar-refractivity contribution in [3.05, 3.63) is 38.1 Å². The fourth-order valence-corrected chi connectivity index (χ4v) is 0.254. The maximum atomic E-state index is 3.57. The summed E-state index contributed by atoms with van der Waals surface area (Å²) in [6, 6.07) is 0.345. The van der Waals surface area contributed by atoms with Gasteiger partial charge in [0.25, 0.3) is 0 Å². The van der Waals surface area contributed by atoms with Crippen LogP contribution >= 0.6 is 0 Å². The van der Waals surface area contributed by atoms with Crippen LogP contribution in [0.4, 0.5) is 0 Å². The van der Waals surface area contributed by atoms with Crippen molar-refractivity contribution in [3.8, 4) is 0 Å². The fraction of sp³-hybridized carbons (Fsp3) is 0.455. The molecular weight excluding hydrogens is 146 g/mol. The quantitative estimate of drug-likeness (QED) is 0.637. The molecule has 0 heterocycles. The third kappa shape index (κ3) is 35.9. The molecule has 0 saturated heterocycles. The van der Waals surface area contributed by atoms with Gasteiger partial charge in [-0.25, -0.2) is 0 Å². The van der Waals surface area contributed by atoms with Crippen LogP contribution in [-0.4, -0.2) is 6.04 Å². The van der Waals surface area contributed by atoms with Crippen LogP contribution in [0.2, 0.25) is 0 Å². The topological polar surface area (TPSA) is 12.0 Å². The van der Waals surface area contributed by atoms with Crippen molar-refractivity contribution in [1.82, 2.24) is 5.32 Å². The third-order valence-electron chi connectivity index (χ3n) is 0.734. The third-order valence-corrected chi connectivity index (χ3v) is 0.734. The van der Waals surface area contributed by atoms with Crippen LogP contribution in [0.25, 0.3) is 0 Å². The van der Waals surface area contributed by atoms with Crippen molar-refractivity contribution in [2.24, 2.45) is 0 Å². The summed E-state index contributed by atoms with van der Waals surface area (Å²) in [6.07, 6.45) is 5.23. The highest BCUT2D eigenvalue weighted by Crippen LogP contribution is 1.77. The summed E-state index contributed by atoms with van der Waals surface area (Å²) in [5.74, 6) is 0. The molecule has 0 radical (unpaired) electrons. The Balaban J connectivity index is -0.000000137. The van der Waals surface area contributed by atoms with E-state index >= 15 is 0 Å². The van der Waals surface area contributed by atoms with E-state index in [1.165, 1.54) is 0 Å². The largest absolute Gasteiger partial charge is 0.385 e. The van der Waals surface area contributed by atoms with E-state index in [0.717, 1.165) is 0 Å². The van der Waals surface area contributed by atoms with E-state index in [-0.39, 0.29) is 0 Å². The Morgan fingerprint density at radius 2 is 1.50 bits per heavy atom. The van der Waals surface area contributed by atoms with Crippen LogP contribution in [0.5, 0.6) is 0 Å². The van der Waals surface area contributed by atoms with Crippen LogP contribution in [0, 0.1) is 0 Å². The molecule has 0 bridgehead atoms. The average molecular weight is 169 g/mol. The Morgan fingerprint density at radius 1 is 1.17 bits per heavy atom. The first-order chi connectivity index (χ1) is 5.72. The second kappa shape index (κ2) is 22.5. The van der Waals surface area contributed by atoms with Gasteiger partial charge in [0.15, 0.2) is 0 Å². The van der Waals surface area contributed by atoms with E-state index in [2.05, 4.69) is 25.1 Å². The Morgan fingerprint density at radius 3 is 1.58 bits per heavy atom. The molecule has 0 rings (SSSR count). The second-order valence-electron chi connectivity index (χ2n) is 1.80. The second-order valence-corrected chi connectivity index (χ2v) is 1.80. The van der Waals surface area contributed by atoms with E-state index in [4.69, 9.17) is 0 Å². The van der Waals surface area contributed by atoms with Gasteiger partial charge in [-0.3, -0.25) is 0 Å². The predicted octanol–water partition coefficient (Wildman–Crippen LogP) is 3.51. The molecule has 0 aliphatic rings. The van der Waals surface area contributed by atoms with Gasteiger partial charge in [-0.2, -0.15) is 0 Å². The Hall–Kier alpha value is -0.980. The van der Waals surface area contributed by atoms with Gasteiger partial charge in [-0.15, -0.1) is 13.2 Å². The lowest BCUT2D eigenvalue weighted by Crippen LogP contribution is -2.15. The molecule has 0 fully saturated rings. The molecule has 0 spiro atoms. The molecule has 0 aromatic heterocycles. The van der Waals surface area contributed by atoms with Crippen LogP contribution in [0.15, 0.2) is 38.1 Å². The monoisotopic (exact) mass is 169 g/mol. The minimum absolute atomic E-state index is 0.345. The highest BCUT2D eigenvalue weighted by atomic mass is 14.9. The first-order valence-corrected chi connectivity index (χ1v) is 4.29. The molecule has 1 heteroatoms. The molecule has 0 aromatic rings. The summed E-state index contributed by atoms with van der Waals surface area (Å²) < 4.78 is 0. The maximum absolute atomic E-state index is 3.57. The highest BCUT2D eigenvalue weighted by molar-refractivity contribution is 4.84. The van der Waals surface area contributed by atoms with Gasteiger partial charge >= 0.3 is 0 Å². The van der Waals surface area contributed by atoms with E-state index < -0.39 is 0 Å². The molecule has 1 nitrogen and oxygen atoms in total. The lowest BCUT2D eigenvalue weighted by Gasteiger charge is -2.01. The molecule has 12 heavy (non-hydrogen) atoms. The molecule has 0 aromatic carbocycles. The Labute approximate surface area is 77.9 Å². The molecule has 0 aliphatic carbocycles. The molecule has 0 amide bonds. The van der Waals surface area contributed by atoms with Gasteiger partial charge in [0.05, 0.1) is 0 Å². The molecule has 1 atom stereocenters. The molecule has 72 valence electrons. The van der Waals surface area contributed by atoms with Gasteiger partial charge in [-0.05, 0) is 20.0 Å².